The van der Waals surface area contributed by atoms with Crippen molar-refractivity contribution in [2.24, 2.45) is 0 Å². The molecular formula is C7H16O6S3Si. The normalized spacial score (nSPS) is 14.6. The van der Waals surface area contributed by atoms with Crippen LogP contribution in [0.2, 0.25) is 6.04 Å². The van der Waals surface area contributed by atoms with Gasteiger partial charge >= 0.3 is 5.52 Å². The fraction of sp³-hybridized carbons (Fsp3) is 0.714. The Bertz CT molecular complexity index is 546. The molecule has 0 heterocycles. The molecule has 10 heteroatoms. The van der Waals surface area contributed by atoms with Crippen molar-refractivity contribution in [3.63, 3.8) is 0 Å². The predicted molar refractivity (Wildman–Crippen MR) is 69.9 cm³/mol. The highest BCUT2D eigenvalue weighted by atomic mass is 32.8. The highest BCUT2D eigenvalue weighted by Gasteiger charge is 2.64. The molecule has 0 unspecified atom stereocenters. The summed E-state index contributed by atoms with van der Waals surface area (Å²) in [4.78, 5) is 0. The summed E-state index contributed by atoms with van der Waals surface area (Å²) in [5.41, 5.74) is -4.43. The molecule has 0 aliphatic carbocycles. The molecular weight excluding hydrogens is 304 g/mol. The Morgan fingerprint density at radius 2 is 1.12 bits per heavy atom. The number of hydrogen-bond donors (Lipinski definition) is 0. The van der Waals surface area contributed by atoms with Crippen LogP contribution in [0.25, 0.3) is 0 Å². The van der Waals surface area contributed by atoms with Crippen molar-refractivity contribution in [3.8, 4) is 0 Å². The molecule has 0 bridgehead atoms. The van der Waals surface area contributed by atoms with E-state index in [9.17, 15) is 25.3 Å². The van der Waals surface area contributed by atoms with Crippen LogP contribution in [0.5, 0.6) is 0 Å². The fourth-order valence-electron chi connectivity index (χ4n) is 1.59. The second-order valence-electron chi connectivity index (χ2n) is 4.13. The maximum atomic E-state index is 11.7. The molecule has 0 N–H and O–H groups in total. The first-order valence-corrected chi connectivity index (χ1v) is 14.5. The quantitative estimate of drug-likeness (QED) is 0.506. The largest absolute Gasteiger partial charge is 0.456 e. The van der Waals surface area contributed by atoms with E-state index < -0.39 is 39.4 Å². The van der Waals surface area contributed by atoms with Crippen molar-refractivity contribution in [1.82, 2.24) is 0 Å². The Morgan fingerprint density at radius 3 is 1.18 bits per heavy atom. The summed E-state index contributed by atoms with van der Waals surface area (Å²) in [5, 5.41) is 0. The van der Waals surface area contributed by atoms with Crippen molar-refractivity contribution >= 4 is 33.4 Å². The van der Waals surface area contributed by atoms with E-state index in [1.807, 2.05) is 0 Å². The van der Waals surface area contributed by atoms with Crippen molar-refractivity contribution in [2.45, 2.75) is 13.0 Å². The lowest BCUT2D eigenvalue weighted by Gasteiger charge is -2.24. The number of hydrogen-bond acceptors (Lipinski definition) is 6. The average molecular weight is 320 g/mol. The highest BCUT2D eigenvalue weighted by molar-refractivity contribution is 8.73. The highest BCUT2D eigenvalue weighted by Crippen LogP contribution is 2.31. The van der Waals surface area contributed by atoms with Gasteiger partial charge in [-0.15, -0.1) is 6.58 Å². The molecule has 0 aromatic rings. The van der Waals surface area contributed by atoms with Gasteiger partial charge in [-0.05, 0) is 6.92 Å². The van der Waals surface area contributed by atoms with E-state index in [0.29, 0.717) is 18.8 Å². The zero-order chi connectivity index (χ0) is 14.3. The number of rotatable bonds is 5. The van der Waals surface area contributed by atoms with Crippen LogP contribution in [-0.2, 0) is 27.9 Å². The van der Waals surface area contributed by atoms with E-state index in [2.05, 4.69) is 6.58 Å². The van der Waals surface area contributed by atoms with Crippen LogP contribution in [0.4, 0.5) is 0 Å². The van der Waals surface area contributed by atoms with Gasteiger partial charge in [0, 0.05) is 24.8 Å². The standard InChI is InChI=1S/C7H16O6S3Si/c1-7(2)6-17(14(3,8)9,15(4,10)11)16(5,12)13/h1,6H2,2-5H3. The smallest absolute Gasteiger partial charge is 0.234 e. The minimum atomic E-state index is -4.65. The van der Waals surface area contributed by atoms with E-state index >= 15 is 0 Å². The first-order valence-electron chi connectivity index (χ1n) is 4.40. The average Bonchev–Trinajstić information content (AvgIpc) is 1.91. The lowest BCUT2D eigenvalue weighted by molar-refractivity contribution is 0.605. The van der Waals surface area contributed by atoms with Gasteiger partial charge in [-0.2, -0.15) is 0 Å². The Morgan fingerprint density at radius 1 is 0.882 bits per heavy atom. The van der Waals surface area contributed by atoms with Crippen molar-refractivity contribution in [1.29, 1.82) is 0 Å². The summed E-state index contributed by atoms with van der Waals surface area (Å²) in [5.74, 6) is 0. The van der Waals surface area contributed by atoms with E-state index in [1.54, 1.807) is 0 Å². The molecule has 0 radical (unpaired) electrons. The zero-order valence-electron chi connectivity index (χ0n) is 10.1. The minimum Gasteiger partial charge on any atom is -0.234 e. The number of allylic oxidation sites excluding steroid dienone is 1. The van der Waals surface area contributed by atoms with Gasteiger partial charge in [0.2, 0.25) is 0 Å². The topological polar surface area (TPSA) is 102 Å². The minimum absolute atomic E-state index is 0.220. The third-order valence-corrected chi connectivity index (χ3v) is 34.5. The summed E-state index contributed by atoms with van der Waals surface area (Å²) >= 11 is 0. The Balaban J connectivity index is 6.69. The third-order valence-electron chi connectivity index (χ3n) is 2.21. The summed E-state index contributed by atoms with van der Waals surface area (Å²) < 4.78 is 70.5. The lowest BCUT2D eigenvalue weighted by atomic mass is 10.4. The molecule has 0 saturated heterocycles. The van der Waals surface area contributed by atoms with E-state index in [4.69, 9.17) is 0 Å². The van der Waals surface area contributed by atoms with Crippen LogP contribution >= 0.6 is 0 Å². The Hall–Kier alpha value is -0.193. The van der Waals surface area contributed by atoms with Crippen molar-refractivity contribution < 1.29 is 25.3 Å². The predicted octanol–water partition coefficient (Wildman–Crippen LogP) is -0.365. The molecule has 17 heavy (non-hydrogen) atoms. The van der Waals surface area contributed by atoms with Gasteiger partial charge < -0.3 is 0 Å². The fourth-order valence-corrected chi connectivity index (χ4v) is 29.1. The van der Waals surface area contributed by atoms with Crippen LogP contribution < -0.4 is 0 Å². The Kier molecular flexibility index (Phi) is 4.43. The third kappa shape index (κ3) is 2.98. The molecule has 0 amide bonds. The van der Waals surface area contributed by atoms with E-state index in [-0.39, 0.29) is 5.57 Å². The first kappa shape index (κ1) is 16.8. The molecule has 0 aromatic carbocycles. The molecule has 0 rings (SSSR count). The molecule has 0 atom stereocenters. The first-order chi connectivity index (χ1) is 7.17. The molecule has 0 aliphatic heterocycles. The molecule has 0 fully saturated rings. The van der Waals surface area contributed by atoms with Crippen LogP contribution in [-0.4, -0.2) is 49.5 Å². The molecule has 102 valence electrons. The maximum absolute atomic E-state index is 11.7. The van der Waals surface area contributed by atoms with Crippen LogP contribution in [0.3, 0.4) is 0 Å². The SMILES string of the molecule is C=C(C)C[Si](S(C)(=O)=O)(S(C)(=O)=O)S(C)(=O)=O. The lowest BCUT2D eigenvalue weighted by Crippen LogP contribution is -2.57. The van der Waals surface area contributed by atoms with Crippen molar-refractivity contribution in [2.75, 3.05) is 18.8 Å². The summed E-state index contributed by atoms with van der Waals surface area (Å²) in [6, 6.07) is -0.524. The van der Waals surface area contributed by atoms with Gasteiger partial charge in [0.15, 0.2) is 27.9 Å². The second kappa shape index (κ2) is 4.48. The zero-order valence-corrected chi connectivity index (χ0v) is 13.5. The van der Waals surface area contributed by atoms with Gasteiger partial charge in [0.25, 0.3) is 0 Å². The van der Waals surface area contributed by atoms with Crippen LogP contribution in [0, 0.1) is 0 Å². The summed E-state index contributed by atoms with van der Waals surface area (Å²) in [6.07, 6.45) is 1.97. The summed E-state index contributed by atoms with van der Waals surface area (Å²) in [6.45, 7) is 4.83. The van der Waals surface area contributed by atoms with Crippen LogP contribution in [0.1, 0.15) is 6.92 Å². The molecule has 0 saturated carbocycles. The van der Waals surface area contributed by atoms with Gasteiger partial charge in [0.1, 0.15) is 0 Å². The van der Waals surface area contributed by atoms with Gasteiger partial charge in [-0.3, -0.25) is 0 Å². The molecule has 6 nitrogen and oxygen atoms in total. The summed E-state index contributed by atoms with van der Waals surface area (Å²) in [7, 11) is -12.7. The van der Waals surface area contributed by atoms with E-state index in [0.717, 1.165) is 0 Å². The monoisotopic (exact) mass is 320 g/mol. The van der Waals surface area contributed by atoms with Gasteiger partial charge in [-0.25, -0.2) is 25.3 Å². The van der Waals surface area contributed by atoms with E-state index in [1.165, 1.54) is 6.92 Å². The van der Waals surface area contributed by atoms with Gasteiger partial charge in [-0.1, -0.05) is 5.57 Å². The van der Waals surface area contributed by atoms with Crippen LogP contribution in [0.15, 0.2) is 12.2 Å². The molecule has 0 spiro atoms. The molecule has 0 aromatic heterocycles. The maximum Gasteiger partial charge on any atom is 0.456 e. The Labute approximate surface area is 102 Å². The van der Waals surface area contributed by atoms with Gasteiger partial charge in [0.05, 0.1) is 0 Å². The molecule has 0 aliphatic rings. The van der Waals surface area contributed by atoms with Crippen molar-refractivity contribution in [3.05, 3.63) is 12.2 Å². The second-order valence-corrected chi connectivity index (χ2v) is 25.8.